The van der Waals surface area contributed by atoms with Crippen molar-refractivity contribution in [3.8, 4) is 0 Å². The fourth-order valence-corrected chi connectivity index (χ4v) is 4.95. The van der Waals surface area contributed by atoms with Gasteiger partial charge in [-0.25, -0.2) is 9.97 Å². The molecule has 38 heavy (non-hydrogen) atoms. The average molecular weight is 527 g/mol. The number of aromatic nitrogens is 2. The molecule has 4 heterocycles. The molecule has 10 nitrogen and oxygen atoms in total. The highest BCUT2D eigenvalue weighted by Gasteiger charge is 2.36. The Balaban J connectivity index is 1.58. The zero-order valence-electron chi connectivity index (χ0n) is 23.3. The summed E-state index contributed by atoms with van der Waals surface area (Å²) in [5, 5.41) is 6.73. The molecule has 0 radical (unpaired) electrons. The Bertz CT molecular complexity index is 1080. The number of furan rings is 1. The lowest BCUT2D eigenvalue weighted by Crippen LogP contribution is -2.56. The van der Waals surface area contributed by atoms with Crippen LogP contribution in [-0.2, 0) is 21.5 Å². The zero-order valence-corrected chi connectivity index (χ0v) is 23.3. The van der Waals surface area contributed by atoms with Crippen LogP contribution >= 0.6 is 0 Å². The van der Waals surface area contributed by atoms with Crippen LogP contribution < -0.4 is 10.6 Å². The summed E-state index contributed by atoms with van der Waals surface area (Å²) in [6.07, 6.45) is 3.89. The number of morpholine rings is 1. The number of amides is 2. The second-order valence-electron chi connectivity index (χ2n) is 11.7. The van der Waals surface area contributed by atoms with Gasteiger partial charge >= 0.3 is 0 Å². The minimum Gasteiger partial charge on any atom is -0.467 e. The van der Waals surface area contributed by atoms with Crippen LogP contribution in [0.4, 0.5) is 5.82 Å². The van der Waals surface area contributed by atoms with Crippen LogP contribution in [0.3, 0.4) is 0 Å². The van der Waals surface area contributed by atoms with Gasteiger partial charge in [-0.2, -0.15) is 0 Å². The van der Waals surface area contributed by atoms with Crippen LogP contribution in [0.25, 0.3) is 0 Å². The molecule has 0 spiro atoms. The van der Waals surface area contributed by atoms with Crippen molar-refractivity contribution in [1.82, 2.24) is 25.1 Å². The van der Waals surface area contributed by atoms with E-state index in [-0.39, 0.29) is 35.1 Å². The number of nitrogens with one attached hydrogen (secondary N) is 2. The topological polar surface area (TPSA) is 113 Å². The summed E-state index contributed by atoms with van der Waals surface area (Å²) in [6, 6.07) is 3.59. The van der Waals surface area contributed by atoms with Crippen molar-refractivity contribution in [2.45, 2.75) is 59.0 Å². The molecule has 4 rings (SSSR count). The molecule has 0 bridgehead atoms. The van der Waals surface area contributed by atoms with E-state index in [2.05, 4.69) is 29.5 Å². The number of carbonyl (C=O) groups is 2. The second-order valence-corrected chi connectivity index (χ2v) is 11.7. The van der Waals surface area contributed by atoms with E-state index in [4.69, 9.17) is 14.1 Å². The van der Waals surface area contributed by atoms with Gasteiger partial charge in [0.2, 0.25) is 5.91 Å². The molecule has 208 valence electrons. The second kappa shape index (κ2) is 12.3. The first-order valence-electron chi connectivity index (χ1n) is 13.7. The highest BCUT2D eigenvalue weighted by atomic mass is 16.5. The predicted octanol–water partition coefficient (Wildman–Crippen LogP) is 2.91. The molecule has 2 fully saturated rings. The number of nitrogens with zero attached hydrogens (tertiary/aromatic N) is 4. The summed E-state index contributed by atoms with van der Waals surface area (Å²) in [6.45, 7) is 15.0. The summed E-state index contributed by atoms with van der Waals surface area (Å²) in [5.41, 5.74) is 0.146. The van der Waals surface area contributed by atoms with E-state index >= 15 is 0 Å². The SMILES string of the molecule is CC(C)CN(C(=O)c1cnc(C(C)(C)C)nc1NCc1ccco1)C1CNC[C@@H](C(=O)N2CCOCC2)C1. The van der Waals surface area contributed by atoms with Crippen LogP contribution in [0.2, 0.25) is 0 Å². The molecule has 2 N–H and O–H groups in total. The molecule has 2 aromatic heterocycles. The van der Waals surface area contributed by atoms with E-state index in [0.717, 1.165) is 5.76 Å². The summed E-state index contributed by atoms with van der Waals surface area (Å²) in [5.74, 6) is 1.98. The normalized spacial score (nSPS) is 20.4. The molecule has 2 aromatic rings. The molecular formula is C28H42N6O4. The van der Waals surface area contributed by atoms with Crippen LogP contribution in [0.1, 0.15) is 63.0 Å². The fourth-order valence-electron chi connectivity index (χ4n) is 4.95. The van der Waals surface area contributed by atoms with E-state index in [1.165, 1.54) is 0 Å². The van der Waals surface area contributed by atoms with Crippen LogP contribution in [0.15, 0.2) is 29.0 Å². The number of ether oxygens (including phenoxy) is 1. The molecule has 2 aliphatic heterocycles. The van der Waals surface area contributed by atoms with Crippen molar-refractivity contribution in [3.05, 3.63) is 41.7 Å². The molecule has 0 aliphatic carbocycles. The number of hydrogen-bond acceptors (Lipinski definition) is 8. The standard InChI is InChI=1S/C28H42N6O4/c1-19(2)18-34(21-13-20(14-29-15-21)25(35)33-8-11-37-12-9-33)26(36)23-17-31-27(28(3,4)5)32-24(23)30-16-22-7-6-10-38-22/h6-7,10,17,19-21,29H,8-9,11-16,18H2,1-5H3,(H,30,31,32)/t20-,21?/m0/s1. The van der Waals surface area contributed by atoms with E-state index in [1.54, 1.807) is 12.5 Å². The maximum atomic E-state index is 14.1. The van der Waals surface area contributed by atoms with E-state index in [1.807, 2.05) is 42.7 Å². The van der Waals surface area contributed by atoms with E-state index in [9.17, 15) is 9.59 Å². The Morgan fingerprint density at radius 3 is 2.66 bits per heavy atom. The Labute approximate surface area is 225 Å². The monoisotopic (exact) mass is 526 g/mol. The number of rotatable bonds is 8. The van der Waals surface area contributed by atoms with Crippen molar-refractivity contribution < 1.29 is 18.7 Å². The number of carbonyl (C=O) groups excluding carboxylic acids is 2. The minimum atomic E-state index is -0.277. The number of hydrogen-bond donors (Lipinski definition) is 2. The highest BCUT2D eigenvalue weighted by Crippen LogP contribution is 2.26. The largest absolute Gasteiger partial charge is 0.467 e. The Morgan fingerprint density at radius 1 is 1.24 bits per heavy atom. The van der Waals surface area contributed by atoms with Gasteiger partial charge in [0.05, 0.1) is 31.9 Å². The van der Waals surface area contributed by atoms with Crippen molar-refractivity contribution >= 4 is 17.6 Å². The first kappa shape index (κ1) is 28.0. The Hall–Kier alpha value is -2.98. The van der Waals surface area contributed by atoms with Gasteiger partial charge in [0.1, 0.15) is 23.0 Å². The lowest BCUT2D eigenvalue weighted by molar-refractivity contribution is -0.140. The average Bonchev–Trinajstić information content (AvgIpc) is 3.43. The molecule has 10 heteroatoms. The van der Waals surface area contributed by atoms with Gasteiger partial charge in [0.15, 0.2) is 0 Å². The molecule has 2 saturated heterocycles. The summed E-state index contributed by atoms with van der Waals surface area (Å²) < 4.78 is 10.9. The zero-order chi connectivity index (χ0) is 27.3. The summed E-state index contributed by atoms with van der Waals surface area (Å²) in [7, 11) is 0. The summed E-state index contributed by atoms with van der Waals surface area (Å²) >= 11 is 0. The molecule has 2 atom stereocenters. The lowest BCUT2D eigenvalue weighted by atomic mass is 9.92. The van der Waals surface area contributed by atoms with Crippen molar-refractivity contribution in [3.63, 3.8) is 0 Å². The van der Waals surface area contributed by atoms with Crippen molar-refractivity contribution in [2.24, 2.45) is 11.8 Å². The first-order valence-corrected chi connectivity index (χ1v) is 13.7. The maximum absolute atomic E-state index is 14.1. The van der Waals surface area contributed by atoms with Crippen LogP contribution in [0.5, 0.6) is 0 Å². The van der Waals surface area contributed by atoms with Gasteiger partial charge < -0.3 is 29.6 Å². The quantitative estimate of drug-likeness (QED) is 0.540. The summed E-state index contributed by atoms with van der Waals surface area (Å²) in [4.78, 5) is 40.5. The van der Waals surface area contributed by atoms with Crippen LogP contribution in [0, 0.1) is 11.8 Å². The van der Waals surface area contributed by atoms with Crippen molar-refractivity contribution in [2.75, 3.05) is 51.3 Å². The number of anilines is 1. The number of piperidine rings is 1. The molecule has 2 aliphatic rings. The van der Waals surface area contributed by atoms with E-state index in [0.29, 0.717) is 76.1 Å². The Kier molecular flexibility index (Phi) is 9.04. The lowest BCUT2D eigenvalue weighted by Gasteiger charge is -2.40. The fraction of sp³-hybridized carbons (Fsp3) is 0.643. The first-order chi connectivity index (χ1) is 18.1. The van der Waals surface area contributed by atoms with Crippen molar-refractivity contribution in [1.29, 1.82) is 0 Å². The maximum Gasteiger partial charge on any atom is 0.259 e. The van der Waals surface area contributed by atoms with Gasteiger partial charge in [-0.1, -0.05) is 34.6 Å². The van der Waals surface area contributed by atoms with Gasteiger partial charge in [-0.3, -0.25) is 9.59 Å². The minimum absolute atomic E-state index is 0.117. The van der Waals surface area contributed by atoms with Gasteiger partial charge in [-0.15, -0.1) is 0 Å². The smallest absolute Gasteiger partial charge is 0.259 e. The third kappa shape index (κ3) is 6.91. The molecule has 0 aromatic carbocycles. The van der Waals surface area contributed by atoms with Gasteiger partial charge in [-0.05, 0) is 24.5 Å². The van der Waals surface area contributed by atoms with Gasteiger partial charge in [0.25, 0.3) is 5.91 Å². The third-order valence-electron chi connectivity index (χ3n) is 6.96. The molecule has 0 saturated carbocycles. The Morgan fingerprint density at radius 2 is 2.00 bits per heavy atom. The van der Waals surface area contributed by atoms with Gasteiger partial charge in [0, 0.05) is 50.4 Å². The molecular weight excluding hydrogens is 484 g/mol. The predicted molar refractivity (Wildman–Crippen MR) is 145 cm³/mol. The van der Waals surface area contributed by atoms with Crippen LogP contribution in [-0.4, -0.2) is 83.6 Å². The third-order valence-corrected chi connectivity index (χ3v) is 6.96. The van der Waals surface area contributed by atoms with E-state index < -0.39 is 0 Å². The molecule has 2 amide bonds. The highest BCUT2D eigenvalue weighted by molar-refractivity contribution is 5.98. The molecule has 1 unspecified atom stereocenters.